The molecule has 1 aliphatic rings. The molecule has 0 bridgehead atoms. The van der Waals surface area contributed by atoms with E-state index < -0.39 is 10.0 Å². The first kappa shape index (κ1) is 12.9. The fraction of sp³-hybridized carbons (Fsp3) is 0.667. The second-order valence-electron chi connectivity index (χ2n) is 3.78. The lowest BCUT2D eigenvalue weighted by Gasteiger charge is -2.23. The van der Waals surface area contributed by atoms with Crippen molar-refractivity contribution in [2.24, 2.45) is 0 Å². The van der Waals surface area contributed by atoms with Crippen molar-refractivity contribution in [1.29, 1.82) is 0 Å². The minimum atomic E-state index is -3.43. The van der Waals surface area contributed by atoms with E-state index in [2.05, 4.69) is 15.0 Å². The number of hydrogen-bond acceptors (Lipinski definition) is 6. The monoisotopic (exact) mass is 277 g/mol. The fourth-order valence-electron chi connectivity index (χ4n) is 1.50. The highest BCUT2D eigenvalue weighted by Gasteiger charge is 2.20. The summed E-state index contributed by atoms with van der Waals surface area (Å²) in [7, 11) is -3.43. The van der Waals surface area contributed by atoms with Gasteiger partial charge in [0.15, 0.2) is 4.21 Å². The van der Waals surface area contributed by atoms with Crippen LogP contribution in [0, 0.1) is 6.92 Å². The molecule has 96 valence electrons. The predicted octanol–water partition coefficient (Wildman–Crippen LogP) is -0.282. The first-order valence-corrected chi connectivity index (χ1v) is 7.61. The SMILES string of the molecule is Cc1ncc(S(=O)(=O)NCC2COCCN2)s1. The number of aromatic nitrogens is 1. The first-order chi connectivity index (χ1) is 8.08. The summed E-state index contributed by atoms with van der Waals surface area (Å²) in [5, 5.41) is 3.92. The average molecular weight is 277 g/mol. The number of nitrogens with one attached hydrogen (secondary N) is 2. The van der Waals surface area contributed by atoms with Crippen molar-refractivity contribution in [3.8, 4) is 0 Å². The number of rotatable bonds is 4. The van der Waals surface area contributed by atoms with E-state index >= 15 is 0 Å². The van der Waals surface area contributed by atoms with Gasteiger partial charge in [0.25, 0.3) is 10.0 Å². The number of thiazole rings is 1. The second kappa shape index (κ2) is 5.40. The van der Waals surface area contributed by atoms with Crippen molar-refractivity contribution in [3.63, 3.8) is 0 Å². The molecule has 0 spiro atoms. The summed E-state index contributed by atoms with van der Waals surface area (Å²) < 4.78 is 31.8. The molecule has 0 amide bonds. The number of nitrogens with zero attached hydrogens (tertiary/aromatic N) is 1. The molecule has 1 aliphatic heterocycles. The topological polar surface area (TPSA) is 80.3 Å². The molecule has 0 radical (unpaired) electrons. The molecule has 1 atom stereocenters. The van der Waals surface area contributed by atoms with Gasteiger partial charge < -0.3 is 10.1 Å². The minimum Gasteiger partial charge on any atom is -0.378 e. The highest BCUT2D eigenvalue weighted by molar-refractivity contribution is 7.91. The van der Waals surface area contributed by atoms with E-state index in [1.165, 1.54) is 17.5 Å². The molecule has 1 aromatic heterocycles. The maximum absolute atomic E-state index is 11.9. The van der Waals surface area contributed by atoms with Gasteiger partial charge in [-0.2, -0.15) is 0 Å². The molecule has 2 N–H and O–H groups in total. The largest absolute Gasteiger partial charge is 0.378 e. The van der Waals surface area contributed by atoms with Crippen LogP contribution in [-0.4, -0.2) is 45.7 Å². The Kier molecular flexibility index (Phi) is 4.10. The number of ether oxygens (including phenoxy) is 1. The Morgan fingerprint density at radius 1 is 1.71 bits per heavy atom. The van der Waals surface area contributed by atoms with E-state index in [-0.39, 0.29) is 10.3 Å². The predicted molar refractivity (Wildman–Crippen MR) is 64.6 cm³/mol. The molecule has 1 aromatic rings. The summed E-state index contributed by atoms with van der Waals surface area (Å²) in [4.78, 5) is 3.94. The van der Waals surface area contributed by atoms with Crippen molar-refractivity contribution < 1.29 is 13.2 Å². The van der Waals surface area contributed by atoms with Crippen LogP contribution in [0.5, 0.6) is 0 Å². The third-order valence-corrected chi connectivity index (χ3v) is 5.18. The van der Waals surface area contributed by atoms with E-state index in [1.54, 1.807) is 6.92 Å². The molecule has 8 heteroatoms. The molecule has 0 saturated carbocycles. The van der Waals surface area contributed by atoms with Gasteiger partial charge in [-0.15, -0.1) is 11.3 Å². The van der Waals surface area contributed by atoms with Crippen LogP contribution in [0.1, 0.15) is 5.01 Å². The van der Waals surface area contributed by atoms with E-state index in [4.69, 9.17) is 4.74 Å². The third-order valence-electron chi connectivity index (χ3n) is 2.38. The Balaban J connectivity index is 1.93. The molecule has 1 unspecified atom stereocenters. The van der Waals surface area contributed by atoms with Crippen molar-refractivity contribution in [2.45, 2.75) is 17.2 Å². The maximum atomic E-state index is 11.9. The zero-order valence-corrected chi connectivity index (χ0v) is 11.1. The molecule has 0 aliphatic carbocycles. The molecular formula is C9H15N3O3S2. The highest BCUT2D eigenvalue weighted by atomic mass is 32.2. The van der Waals surface area contributed by atoms with Gasteiger partial charge in [-0.25, -0.2) is 18.1 Å². The van der Waals surface area contributed by atoms with Crippen molar-refractivity contribution in [3.05, 3.63) is 11.2 Å². The minimum absolute atomic E-state index is 0.0348. The van der Waals surface area contributed by atoms with E-state index in [0.717, 1.165) is 11.6 Å². The van der Waals surface area contributed by atoms with Gasteiger partial charge in [-0.05, 0) is 6.92 Å². The van der Waals surface area contributed by atoms with Crippen LogP contribution in [0.25, 0.3) is 0 Å². The highest BCUT2D eigenvalue weighted by Crippen LogP contribution is 2.17. The molecule has 0 aromatic carbocycles. The zero-order valence-electron chi connectivity index (χ0n) is 9.47. The zero-order chi connectivity index (χ0) is 12.3. The van der Waals surface area contributed by atoms with Crippen LogP contribution >= 0.6 is 11.3 Å². The molecule has 2 rings (SSSR count). The Hall–Kier alpha value is -0.540. The Morgan fingerprint density at radius 3 is 3.12 bits per heavy atom. The normalized spacial score (nSPS) is 21.6. The van der Waals surface area contributed by atoms with Crippen LogP contribution in [0.4, 0.5) is 0 Å². The van der Waals surface area contributed by atoms with Gasteiger partial charge in [0.05, 0.1) is 24.4 Å². The summed E-state index contributed by atoms with van der Waals surface area (Å²) in [6.45, 7) is 4.08. The van der Waals surface area contributed by atoms with Crippen LogP contribution in [-0.2, 0) is 14.8 Å². The summed E-state index contributed by atoms with van der Waals surface area (Å²) in [5.41, 5.74) is 0. The van der Waals surface area contributed by atoms with Crippen LogP contribution in [0.3, 0.4) is 0 Å². The summed E-state index contributed by atoms with van der Waals surface area (Å²) in [6, 6.07) is 0.0348. The van der Waals surface area contributed by atoms with Gasteiger partial charge in [-0.1, -0.05) is 0 Å². The smallest absolute Gasteiger partial charge is 0.251 e. The van der Waals surface area contributed by atoms with Crippen LogP contribution in [0.15, 0.2) is 10.4 Å². The number of morpholine rings is 1. The van der Waals surface area contributed by atoms with Gasteiger partial charge >= 0.3 is 0 Å². The second-order valence-corrected chi connectivity index (χ2v) is 7.00. The Morgan fingerprint density at radius 2 is 2.53 bits per heavy atom. The fourth-order valence-corrected chi connectivity index (χ4v) is 3.73. The van der Waals surface area contributed by atoms with E-state index in [1.807, 2.05) is 0 Å². The number of hydrogen-bond donors (Lipinski definition) is 2. The van der Waals surface area contributed by atoms with Gasteiger partial charge in [0.1, 0.15) is 0 Å². The Labute approximate surface area is 104 Å². The summed E-state index contributed by atoms with van der Waals surface area (Å²) >= 11 is 1.17. The molecule has 6 nitrogen and oxygen atoms in total. The standard InChI is InChI=1S/C9H15N3O3S2/c1-7-11-5-9(16-7)17(13,14)12-4-8-6-15-3-2-10-8/h5,8,10,12H,2-4,6H2,1H3. The van der Waals surface area contributed by atoms with Crippen LogP contribution in [0.2, 0.25) is 0 Å². The maximum Gasteiger partial charge on any atom is 0.251 e. The average Bonchev–Trinajstić information content (AvgIpc) is 2.76. The van der Waals surface area contributed by atoms with E-state index in [0.29, 0.717) is 19.8 Å². The van der Waals surface area contributed by atoms with Gasteiger partial charge in [-0.3, -0.25) is 0 Å². The van der Waals surface area contributed by atoms with Crippen molar-refractivity contribution in [1.82, 2.24) is 15.0 Å². The van der Waals surface area contributed by atoms with Crippen molar-refractivity contribution in [2.75, 3.05) is 26.3 Å². The third kappa shape index (κ3) is 3.46. The van der Waals surface area contributed by atoms with Gasteiger partial charge in [0.2, 0.25) is 0 Å². The summed E-state index contributed by atoms with van der Waals surface area (Å²) in [6.07, 6.45) is 1.38. The molecule has 17 heavy (non-hydrogen) atoms. The lowest BCUT2D eigenvalue weighted by Crippen LogP contribution is -2.48. The lowest BCUT2D eigenvalue weighted by atomic mass is 10.3. The van der Waals surface area contributed by atoms with Crippen LogP contribution < -0.4 is 10.0 Å². The molecule has 2 heterocycles. The summed E-state index contributed by atoms with van der Waals surface area (Å²) in [5.74, 6) is 0. The molecule has 1 saturated heterocycles. The number of sulfonamides is 1. The quantitative estimate of drug-likeness (QED) is 0.791. The number of aryl methyl sites for hydroxylation is 1. The van der Waals surface area contributed by atoms with E-state index in [9.17, 15) is 8.42 Å². The van der Waals surface area contributed by atoms with Gasteiger partial charge in [0, 0.05) is 19.1 Å². The first-order valence-electron chi connectivity index (χ1n) is 5.31. The molecule has 1 fully saturated rings. The molecular weight excluding hydrogens is 262 g/mol. The lowest BCUT2D eigenvalue weighted by molar-refractivity contribution is 0.0784. The Bertz CT molecular complexity index is 466. The van der Waals surface area contributed by atoms with Crippen molar-refractivity contribution >= 4 is 21.4 Å².